The van der Waals surface area contributed by atoms with Crippen molar-refractivity contribution in [3.63, 3.8) is 0 Å². The summed E-state index contributed by atoms with van der Waals surface area (Å²) < 4.78 is 5.44. The van der Waals surface area contributed by atoms with Gasteiger partial charge in [0, 0.05) is 48.1 Å². The molecule has 6 amide bonds. The minimum Gasteiger partial charge on any atom is -0.507 e. The van der Waals surface area contributed by atoms with Crippen LogP contribution in [0.2, 0.25) is 0 Å². The number of para-hydroxylation sites is 2. The van der Waals surface area contributed by atoms with Crippen molar-refractivity contribution < 1.29 is 48.5 Å². The highest BCUT2D eigenvalue weighted by atomic mass is 16.6. The lowest BCUT2D eigenvalue weighted by molar-refractivity contribution is -0.141. The number of hydrogen-bond donors (Lipinski definition) is 9. The first-order chi connectivity index (χ1) is 29.0. The Kier molecular flexibility index (Phi) is 17.0. The number of nitrogens with two attached hydrogens (primary N) is 1. The summed E-state index contributed by atoms with van der Waals surface area (Å²) in [5.41, 5.74) is 7.25. The first kappa shape index (κ1) is 46.5. The molecule has 0 unspecified atom stereocenters. The molecule has 61 heavy (non-hydrogen) atoms. The summed E-state index contributed by atoms with van der Waals surface area (Å²) in [7, 11) is 0. The normalized spacial score (nSPS) is 13.3. The van der Waals surface area contributed by atoms with Crippen LogP contribution in [0.1, 0.15) is 63.1 Å². The Morgan fingerprint density at radius 3 is 2.07 bits per heavy atom. The maximum atomic E-state index is 14.1. The second kappa shape index (κ2) is 22.3. The van der Waals surface area contributed by atoms with Crippen LogP contribution in [0.25, 0.3) is 17.0 Å². The summed E-state index contributed by atoms with van der Waals surface area (Å²) in [5, 5.41) is 33.3. The highest BCUT2D eigenvalue weighted by Crippen LogP contribution is 2.20. The number of aromatic hydroxyl groups is 1. The molecule has 4 atom stereocenters. The molecular formula is C44H53N7O10. The van der Waals surface area contributed by atoms with Gasteiger partial charge in [-0.25, -0.2) is 4.79 Å². The van der Waals surface area contributed by atoms with E-state index in [0.29, 0.717) is 23.1 Å². The molecule has 1 heterocycles. The van der Waals surface area contributed by atoms with Gasteiger partial charge in [-0.1, -0.05) is 66.7 Å². The molecule has 0 spiro atoms. The third-order valence-electron chi connectivity index (χ3n) is 9.26. The molecule has 0 aliphatic rings. The van der Waals surface area contributed by atoms with Gasteiger partial charge in [0.15, 0.2) is 0 Å². The second-order valence-electron chi connectivity index (χ2n) is 15.3. The number of phenols is 1. The highest BCUT2D eigenvalue weighted by Gasteiger charge is 2.33. The molecule has 0 aliphatic carbocycles. The lowest BCUT2D eigenvalue weighted by Gasteiger charge is -2.26. The van der Waals surface area contributed by atoms with Crippen molar-refractivity contribution in [3.05, 3.63) is 108 Å². The zero-order chi connectivity index (χ0) is 44.5. The zero-order valence-electron chi connectivity index (χ0n) is 34.2. The van der Waals surface area contributed by atoms with E-state index in [-0.39, 0.29) is 38.0 Å². The SMILES string of the molecule is CC(C)(C)OC(=O)N[C@@H](Cc1c[nH]c2ccccc12)C(=O)N[C@@H](CCCCNC(=O)/C=C\c1ccccc1O)C(=O)N[C@@H](CC(=O)O)C(=O)N[C@@H](Cc1ccccc1)C(N)=O. The number of benzene rings is 3. The molecule has 17 nitrogen and oxygen atoms in total. The first-order valence-electron chi connectivity index (χ1n) is 19.7. The van der Waals surface area contributed by atoms with E-state index < -0.39 is 77.8 Å². The number of phenolic OH excluding ortho intramolecular Hbond substituents is 1. The maximum Gasteiger partial charge on any atom is 0.408 e. The highest BCUT2D eigenvalue weighted by molar-refractivity contribution is 5.97. The number of fused-ring (bicyclic) bond motifs is 1. The molecule has 0 bridgehead atoms. The van der Waals surface area contributed by atoms with E-state index in [1.54, 1.807) is 75.5 Å². The van der Waals surface area contributed by atoms with Crippen LogP contribution in [-0.2, 0) is 46.3 Å². The molecule has 0 saturated carbocycles. The van der Waals surface area contributed by atoms with Crippen LogP contribution in [0, 0.1) is 0 Å². The zero-order valence-corrected chi connectivity index (χ0v) is 34.2. The van der Waals surface area contributed by atoms with Crippen molar-refractivity contribution in [2.75, 3.05) is 6.54 Å². The van der Waals surface area contributed by atoms with Crippen LogP contribution in [0.4, 0.5) is 4.79 Å². The van der Waals surface area contributed by atoms with Gasteiger partial charge in [-0.2, -0.15) is 0 Å². The van der Waals surface area contributed by atoms with E-state index in [1.165, 1.54) is 18.2 Å². The molecule has 4 aromatic rings. The molecule has 0 aliphatic heterocycles. The molecular weight excluding hydrogens is 787 g/mol. The largest absolute Gasteiger partial charge is 0.507 e. The Hall–Kier alpha value is -7.17. The number of aliphatic carboxylic acids is 1. The average molecular weight is 840 g/mol. The molecule has 0 fully saturated rings. The molecule has 0 saturated heterocycles. The number of carbonyl (C=O) groups excluding carboxylic acids is 6. The number of amides is 6. The van der Waals surface area contributed by atoms with Crippen LogP contribution in [-0.4, -0.2) is 93.1 Å². The molecule has 324 valence electrons. The predicted octanol–water partition coefficient (Wildman–Crippen LogP) is 2.97. The van der Waals surface area contributed by atoms with Crippen LogP contribution in [0.15, 0.2) is 91.1 Å². The third-order valence-corrected chi connectivity index (χ3v) is 9.26. The lowest BCUT2D eigenvalue weighted by atomic mass is 10.0. The van der Waals surface area contributed by atoms with Gasteiger partial charge in [-0.15, -0.1) is 0 Å². The van der Waals surface area contributed by atoms with Crippen LogP contribution in [0.5, 0.6) is 5.75 Å². The number of carboxylic acid groups (broad SMARTS) is 1. The minimum absolute atomic E-state index is 0.00213. The number of primary amides is 1. The molecule has 0 radical (unpaired) electrons. The van der Waals surface area contributed by atoms with Gasteiger partial charge in [-0.05, 0) is 69.4 Å². The number of carboxylic acids is 1. The number of aromatic nitrogens is 1. The van der Waals surface area contributed by atoms with E-state index in [1.807, 2.05) is 24.3 Å². The summed E-state index contributed by atoms with van der Waals surface area (Å²) in [5.74, 6) is -5.46. The standard InChI is InChI=1S/C44H53N7O10/c1-44(2,3)61-43(60)51-34(24-29-26-47-31-17-9-8-16-30(29)31)41(58)48-32(18-11-12-22-46-37(53)21-20-28-15-7-10-19-36(28)52)40(57)50-35(25-38(54)55)42(59)49-33(39(45)56)23-27-13-5-4-6-14-27/h4-10,13-17,19-21,26,32-35,47,52H,11-12,18,22-25H2,1-3H3,(H2,45,56)(H,46,53)(H,48,58)(H,49,59)(H,50,57)(H,51,60)(H,54,55)/b21-20-/t32-,33-,34-,35-/m0/s1. The molecule has 10 N–H and O–H groups in total. The fourth-order valence-electron chi connectivity index (χ4n) is 6.26. The van der Waals surface area contributed by atoms with Gasteiger partial charge >= 0.3 is 12.1 Å². The Morgan fingerprint density at radius 1 is 0.754 bits per heavy atom. The Balaban J connectivity index is 1.54. The number of carbonyl (C=O) groups is 7. The summed E-state index contributed by atoms with van der Waals surface area (Å²) >= 11 is 0. The summed E-state index contributed by atoms with van der Waals surface area (Å²) in [4.78, 5) is 94.6. The molecule has 4 rings (SSSR count). The monoisotopic (exact) mass is 839 g/mol. The van der Waals surface area contributed by atoms with E-state index in [9.17, 15) is 43.8 Å². The van der Waals surface area contributed by atoms with Crippen molar-refractivity contribution in [2.45, 2.75) is 89.1 Å². The number of nitrogens with one attached hydrogen (secondary N) is 6. The lowest BCUT2D eigenvalue weighted by Crippen LogP contribution is -2.59. The van der Waals surface area contributed by atoms with E-state index in [4.69, 9.17) is 10.5 Å². The average Bonchev–Trinajstić information content (AvgIpc) is 3.61. The minimum atomic E-state index is -1.70. The van der Waals surface area contributed by atoms with Crippen molar-refractivity contribution in [3.8, 4) is 5.75 Å². The smallest absolute Gasteiger partial charge is 0.408 e. The fraction of sp³-hybridized carbons (Fsp3) is 0.341. The van der Waals surface area contributed by atoms with Gasteiger partial charge in [0.1, 0.15) is 35.5 Å². The number of H-pyrrole nitrogens is 1. The summed E-state index contributed by atoms with van der Waals surface area (Å²) in [6, 6.07) is 16.9. The van der Waals surface area contributed by atoms with Crippen LogP contribution in [0.3, 0.4) is 0 Å². The van der Waals surface area contributed by atoms with Crippen molar-refractivity contribution in [1.29, 1.82) is 0 Å². The molecule has 1 aromatic heterocycles. The van der Waals surface area contributed by atoms with Crippen molar-refractivity contribution in [2.24, 2.45) is 5.73 Å². The number of hydrogen-bond acceptors (Lipinski definition) is 9. The van der Waals surface area contributed by atoms with Crippen LogP contribution < -0.4 is 32.3 Å². The Labute approximate surface area is 352 Å². The fourth-order valence-corrected chi connectivity index (χ4v) is 6.26. The predicted molar refractivity (Wildman–Crippen MR) is 227 cm³/mol. The van der Waals surface area contributed by atoms with E-state index in [0.717, 1.165) is 10.9 Å². The third kappa shape index (κ3) is 15.5. The molecule has 3 aromatic carbocycles. The number of aromatic amines is 1. The quantitative estimate of drug-likeness (QED) is 0.0437. The number of ether oxygens (including phenoxy) is 1. The van der Waals surface area contributed by atoms with E-state index in [2.05, 4.69) is 31.6 Å². The number of rotatable bonds is 21. The molecule has 17 heteroatoms. The van der Waals surface area contributed by atoms with Crippen molar-refractivity contribution >= 4 is 58.6 Å². The Bertz CT molecular complexity index is 2200. The topological polar surface area (TPSA) is 271 Å². The second-order valence-corrected chi connectivity index (χ2v) is 15.3. The van der Waals surface area contributed by atoms with Gasteiger partial charge in [0.2, 0.25) is 29.5 Å². The maximum absolute atomic E-state index is 14.1. The number of alkyl carbamates (subject to hydrolysis) is 1. The summed E-state index contributed by atoms with van der Waals surface area (Å²) in [6.07, 6.45) is 3.13. The van der Waals surface area contributed by atoms with Crippen molar-refractivity contribution in [1.82, 2.24) is 31.6 Å². The van der Waals surface area contributed by atoms with Crippen LogP contribution >= 0.6 is 0 Å². The van der Waals surface area contributed by atoms with Gasteiger partial charge in [0.05, 0.1) is 6.42 Å². The Morgan fingerprint density at radius 2 is 1.38 bits per heavy atom. The van der Waals surface area contributed by atoms with Gasteiger partial charge in [0.25, 0.3) is 0 Å². The van der Waals surface area contributed by atoms with E-state index >= 15 is 0 Å². The summed E-state index contributed by atoms with van der Waals surface area (Å²) in [6.45, 7) is 5.14. The first-order valence-corrected chi connectivity index (χ1v) is 19.7. The number of unbranched alkanes of at least 4 members (excludes halogenated alkanes) is 1. The van der Waals surface area contributed by atoms with Gasteiger partial charge in [-0.3, -0.25) is 28.8 Å². The van der Waals surface area contributed by atoms with Gasteiger partial charge < -0.3 is 52.3 Å².